The van der Waals surface area contributed by atoms with Crippen LogP contribution >= 0.6 is 0 Å². The van der Waals surface area contributed by atoms with Crippen LogP contribution in [0.2, 0.25) is 0 Å². The van der Waals surface area contributed by atoms with Crippen LogP contribution in [-0.2, 0) is 0 Å². The first-order valence-electron chi connectivity index (χ1n) is 6.32. The van der Waals surface area contributed by atoms with Gasteiger partial charge in [-0.3, -0.25) is 0 Å². The Morgan fingerprint density at radius 2 is 2.00 bits per heavy atom. The quantitative estimate of drug-likeness (QED) is 0.477. The molecule has 0 saturated carbocycles. The van der Waals surface area contributed by atoms with Crippen molar-refractivity contribution in [2.75, 3.05) is 6.54 Å². The minimum absolute atomic E-state index is 0.573. The van der Waals surface area contributed by atoms with Crippen LogP contribution in [0.3, 0.4) is 0 Å². The van der Waals surface area contributed by atoms with Gasteiger partial charge < -0.3 is 5.32 Å². The van der Waals surface area contributed by atoms with Crippen LogP contribution in [0.15, 0.2) is 36.0 Å². The van der Waals surface area contributed by atoms with E-state index in [9.17, 15) is 0 Å². The van der Waals surface area contributed by atoms with Crippen LogP contribution in [0.5, 0.6) is 0 Å². The Morgan fingerprint density at radius 1 is 1.31 bits per heavy atom. The largest absolute Gasteiger partial charge is 0.310 e. The van der Waals surface area contributed by atoms with E-state index in [1.54, 1.807) is 0 Å². The van der Waals surface area contributed by atoms with Crippen LogP contribution in [-0.4, -0.2) is 12.6 Å². The molecule has 0 aromatic heterocycles. The Labute approximate surface area is 101 Å². The van der Waals surface area contributed by atoms with Gasteiger partial charge in [0, 0.05) is 12.6 Å². The minimum atomic E-state index is 0.573. The van der Waals surface area contributed by atoms with Crippen molar-refractivity contribution in [1.82, 2.24) is 5.32 Å². The first-order chi connectivity index (χ1) is 7.63. The van der Waals surface area contributed by atoms with Crippen molar-refractivity contribution in [3.05, 3.63) is 36.0 Å². The van der Waals surface area contributed by atoms with Gasteiger partial charge in [-0.05, 0) is 33.1 Å². The van der Waals surface area contributed by atoms with Crippen LogP contribution in [0.4, 0.5) is 0 Å². The van der Waals surface area contributed by atoms with Gasteiger partial charge in [-0.1, -0.05) is 43.2 Å². The lowest BCUT2D eigenvalue weighted by atomic mass is 10.0. The maximum atomic E-state index is 3.73. The molecular formula is C15H27N. The van der Waals surface area contributed by atoms with Crippen molar-refractivity contribution < 1.29 is 0 Å². The van der Waals surface area contributed by atoms with Crippen molar-refractivity contribution in [1.29, 1.82) is 0 Å². The maximum Gasteiger partial charge on any atom is 0.0135 e. The maximum absolute atomic E-state index is 3.73. The monoisotopic (exact) mass is 221 g/mol. The van der Waals surface area contributed by atoms with E-state index >= 15 is 0 Å². The fourth-order valence-electron chi connectivity index (χ4n) is 1.83. The van der Waals surface area contributed by atoms with Crippen LogP contribution in [0.1, 0.15) is 47.0 Å². The molecule has 0 aliphatic rings. The molecule has 1 heteroatoms. The molecule has 1 atom stereocenters. The molecule has 0 aromatic carbocycles. The second-order valence-electron chi connectivity index (χ2n) is 4.35. The standard InChI is InChI=1S/C15H27N/c1-6-9-13(4)11-14(5)12-15(8-3)16-10-7-2/h7,9,11,15-16H,2,6,8,10,12H2,1,3-5H3/b13-9-,14-11+. The molecule has 0 amide bonds. The number of hydrogen-bond donors (Lipinski definition) is 1. The van der Waals surface area contributed by atoms with E-state index in [0.29, 0.717) is 6.04 Å². The third-order valence-corrected chi connectivity index (χ3v) is 2.61. The molecule has 92 valence electrons. The average molecular weight is 221 g/mol. The van der Waals surface area contributed by atoms with Crippen molar-refractivity contribution in [2.24, 2.45) is 0 Å². The number of nitrogens with one attached hydrogen (secondary N) is 1. The molecule has 0 aliphatic heterocycles. The Hall–Kier alpha value is -0.820. The van der Waals surface area contributed by atoms with Gasteiger partial charge in [-0.15, -0.1) is 6.58 Å². The van der Waals surface area contributed by atoms with Crippen molar-refractivity contribution >= 4 is 0 Å². The summed E-state index contributed by atoms with van der Waals surface area (Å²) in [5, 5.41) is 3.48. The molecule has 1 unspecified atom stereocenters. The summed E-state index contributed by atoms with van der Waals surface area (Å²) in [6, 6.07) is 0.573. The molecule has 0 heterocycles. The molecule has 1 nitrogen and oxygen atoms in total. The lowest BCUT2D eigenvalue weighted by molar-refractivity contribution is 0.520. The van der Waals surface area contributed by atoms with E-state index in [1.165, 1.54) is 11.1 Å². The molecule has 0 saturated heterocycles. The first-order valence-corrected chi connectivity index (χ1v) is 6.32. The molecule has 0 spiro atoms. The van der Waals surface area contributed by atoms with E-state index in [-0.39, 0.29) is 0 Å². The normalized spacial score (nSPS) is 15.0. The van der Waals surface area contributed by atoms with Gasteiger partial charge in [0.15, 0.2) is 0 Å². The zero-order chi connectivity index (χ0) is 12.4. The topological polar surface area (TPSA) is 12.0 Å². The van der Waals surface area contributed by atoms with Gasteiger partial charge in [-0.2, -0.15) is 0 Å². The predicted molar refractivity (Wildman–Crippen MR) is 74.7 cm³/mol. The fraction of sp³-hybridized carbons (Fsp3) is 0.600. The number of allylic oxidation sites excluding steroid dienone is 3. The minimum Gasteiger partial charge on any atom is -0.310 e. The Balaban J connectivity index is 4.22. The van der Waals surface area contributed by atoms with Crippen molar-refractivity contribution in [3.8, 4) is 0 Å². The smallest absolute Gasteiger partial charge is 0.0135 e. The third kappa shape index (κ3) is 7.47. The van der Waals surface area contributed by atoms with Crippen LogP contribution < -0.4 is 5.32 Å². The SMILES string of the molecule is C=CCNC(CC)C/C(C)=C/C(C)=C\CC. The summed E-state index contributed by atoms with van der Waals surface area (Å²) in [6.07, 6.45) is 9.88. The van der Waals surface area contributed by atoms with Crippen molar-refractivity contribution in [2.45, 2.75) is 53.0 Å². The van der Waals surface area contributed by atoms with Gasteiger partial charge in [0.1, 0.15) is 0 Å². The summed E-state index contributed by atoms with van der Waals surface area (Å²) in [7, 11) is 0. The van der Waals surface area contributed by atoms with E-state index in [2.05, 4.69) is 51.7 Å². The Kier molecular flexibility index (Phi) is 8.93. The molecule has 16 heavy (non-hydrogen) atoms. The van der Waals surface area contributed by atoms with Crippen molar-refractivity contribution in [3.63, 3.8) is 0 Å². The lowest BCUT2D eigenvalue weighted by Gasteiger charge is -2.16. The second-order valence-corrected chi connectivity index (χ2v) is 4.35. The molecule has 0 aliphatic carbocycles. The zero-order valence-electron chi connectivity index (χ0n) is 11.3. The van der Waals surface area contributed by atoms with Crippen LogP contribution in [0, 0.1) is 0 Å². The molecule has 0 bridgehead atoms. The van der Waals surface area contributed by atoms with Gasteiger partial charge in [-0.25, -0.2) is 0 Å². The Bertz CT molecular complexity index is 248. The highest BCUT2D eigenvalue weighted by Crippen LogP contribution is 2.11. The van der Waals surface area contributed by atoms with Gasteiger partial charge in [0.05, 0.1) is 0 Å². The second kappa shape index (κ2) is 9.41. The van der Waals surface area contributed by atoms with Gasteiger partial charge in [0.2, 0.25) is 0 Å². The summed E-state index contributed by atoms with van der Waals surface area (Å²) >= 11 is 0. The summed E-state index contributed by atoms with van der Waals surface area (Å²) < 4.78 is 0. The zero-order valence-corrected chi connectivity index (χ0v) is 11.3. The molecule has 1 N–H and O–H groups in total. The molecule has 0 aromatic rings. The van der Waals surface area contributed by atoms with E-state index < -0.39 is 0 Å². The highest BCUT2D eigenvalue weighted by molar-refractivity contribution is 5.21. The summed E-state index contributed by atoms with van der Waals surface area (Å²) in [6.45, 7) is 13.4. The highest BCUT2D eigenvalue weighted by Gasteiger charge is 2.04. The van der Waals surface area contributed by atoms with E-state index in [1.807, 2.05) is 6.08 Å². The molecule has 0 fully saturated rings. The summed E-state index contributed by atoms with van der Waals surface area (Å²) in [4.78, 5) is 0. The van der Waals surface area contributed by atoms with Gasteiger partial charge >= 0.3 is 0 Å². The van der Waals surface area contributed by atoms with E-state index in [0.717, 1.165) is 25.8 Å². The highest BCUT2D eigenvalue weighted by atomic mass is 14.9. The van der Waals surface area contributed by atoms with Crippen LogP contribution in [0.25, 0.3) is 0 Å². The number of hydrogen-bond acceptors (Lipinski definition) is 1. The van der Waals surface area contributed by atoms with E-state index in [4.69, 9.17) is 0 Å². The summed E-state index contributed by atoms with van der Waals surface area (Å²) in [5.74, 6) is 0. The van der Waals surface area contributed by atoms with Gasteiger partial charge in [0.25, 0.3) is 0 Å². The molecule has 0 rings (SSSR count). The molecule has 0 radical (unpaired) electrons. The Morgan fingerprint density at radius 3 is 2.50 bits per heavy atom. The predicted octanol–water partition coefficient (Wildman–Crippen LogP) is 4.23. The third-order valence-electron chi connectivity index (χ3n) is 2.61. The fourth-order valence-corrected chi connectivity index (χ4v) is 1.83. The lowest BCUT2D eigenvalue weighted by Crippen LogP contribution is -2.28. The summed E-state index contributed by atoms with van der Waals surface area (Å²) in [5.41, 5.74) is 2.82. The molecular weight excluding hydrogens is 194 g/mol. The average Bonchev–Trinajstić information content (AvgIpc) is 2.24. The first kappa shape index (κ1) is 15.2. The number of rotatable bonds is 8.